The van der Waals surface area contributed by atoms with E-state index in [0.29, 0.717) is 29.1 Å². The molecule has 7 heteroatoms. The number of benzene rings is 3. The van der Waals surface area contributed by atoms with Gasteiger partial charge < -0.3 is 20.3 Å². The molecule has 35 heavy (non-hydrogen) atoms. The minimum atomic E-state index is -0.730. The topological polar surface area (TPSA) is 87.7 Å². The van der Waals surface area contributed by atoms with Gasteiger partial charge >= 0.3 is 0 Å². The average Bonchev–Trinajstić information content (AvgIpc) is 3.31. The monoisotopic (exact) mass is 471 g/mol. The second-order valence-corrected chi connectivity index (χ2v) is 8.83. The number of hydrogen-bond donors (Lipinski definition) is 2. The van der Waals surface area contributed by atoms with E-state index in [0.717, 1.165) is 12.1 Å². The Balaban J connectivity index is 1.40. The van der Waals surface area contributed by atoms with Crippen LogP contribution in [0.4, 0.5) is 11.4 Å². The van der Waals surface area contributed by atoms with Crippen LogP contribution in [-0.2, 0) is 11.2 Å². The van der Waals surface area contributed by atoms with Crippen LogP contribution >= 0.6 is 0 Å². The predicted molar refractivity (Wildman–Crippen MR) is 136 cm³/mol. The molecule has 1 aliphatic heterocycles. The van der Waals surface area contributed by atoms with Gasteiger partial charge in [0, 0.05) is 29.0 Å². The third-order valence-corrected chi connectivity index (χ3v) is 6.12. The van der Waals surface area contributed by atoms with Crippen LogP contribution in [0.15, 0.2) is 72.8 Å². The number of carbonyl (C=O) groups is 3. The first-order valence-corrected chi connectivity index (χ1v) is 11.6. The average molecular weight is 472 g/mol. The third-order valence-electron chi connectivity index (χ3n) is 6.12. The van der Waals surface area contributed by atoms with Gasteiger partial charge in [0.05, 0.1) is 7.11 Å². The predicted octanol–water partition coefficient (Wildman–Crippen LogP) is 4.29. The van der Waals surface area contributed by atoms with Crippen LogP contribution in [-0.4, -0.2) is 37.4 Å². The van der Waals surface area contributed by atoms with Gasteiger partial charge in [0.15, 0.2) is 0 Å². The van der Waals surface area contributed by atoms with Crippen molar-refractivity contribution in [1.29, 1.82) is 0 Å². The van der Waals surface area contributed by atoms with E-state index in [2.05, 4.69) is 10.6 Å². The summed E-state index contributed by atoms with van der Waals surface area (Å²) in [5, 5.41) is 5.66. The van der Waals surface area contributed by atoms with Crippen molar-refractivity contribution in [3.63, 3.8) is 0 Å². The summed E-state index contributed by atoms with van der Waals surface area (Å²) in [7, 11) is 1.56. The fourth-order valence-electron chi connectivity index (χ4n) is 4.12. The van der Waals surface area contributed by atoms with Crippen LogP contribution in [0.25, 0.3) is 0 Å². The van der Waals surface area contributed by atoms with E-state index in [1.165, 1.54) is 5.56 Å². The highest BCUT2D eigenvalue weighted by atomic mass is 16.5. The molecule has 0 radical (unpaired) electrons. The van der Waals surface area contributed by atoms with Crippen molar-refractivity contribution in [2.24, 2.45) is 5.92 Å². The summed E-state index contributed by atoms with van der Waals surface area (Å²) in [6.45, 7) is 4.39. The van der Waals surface area contributed by atoms with Crippen LogP contribution in [0.2, 0.25) is 0 Å². The number of anilines is 2. The lowest BCUT2D eigenvalue weighted by molar-refractivity contribution is -0.118. The second kappa shape index (κ2) is 10.4. The highest BCUT2D eigenvalue weighted by Gasteiger charge is 2.26. The molecule has 2 N–H and O–H groups in total. The van der Waals surface area contributed by atoms with Crippen LogP contribution in [0, 0.1) is 5.92 Å². The molecule has 1 unspecified atom stereocenters. The largest absolute Gasteiger partial charge is 0.497 e. The smallest absolute Gasteiger partial charge is 0.258 e. The number of para-hydroxylation sites is 1. The number of methoxy groups -OCH3 is 1. The highest BCUT2D eigenvalue weighted by Crippen LogP contribution is 2.29. The number of nitrogens with one attached hydrogen (secondary N) is 2. The Morgan fingerprint density at radius 3 is 2.20 bits per heavy atom. The molecule has 4 rings (SSSR count). The number of rotatable bonds is 7. The molecule has 7 nitrogen and oxygen atoms in total. The van der Waals surface area contributed by atoms with Gasteiger partial charge in [0.1, 0.15) is 11.8 Å². The number of amides is 3. The summed E-state index contributed by atoms with van der Waals surface area (Å²) in [5.41, 5.74) is 3.66. The highest BCUT2D eigenvalue weighted by molar-refractivity contribution is 6.07. The number of hydrogen-bond acceptors (Lipinski definition) is 4. The van der Waals surface area contributed by atoms with Gasteiger partial charge in [-0.25, -0.2) is 0 Å². The molecule has 0 saturated carbocycles. The van der Waals surface area contributed by atoms with Crippen molar-refractivity contribution < 1.29 is 19.1 Å². The van der Waals surface area contributed by atoms with Gasteiger partial charge in [-0.2, -0.15) is 0 Å². The molecule has 180 valence electrons. The van der Waals surface area contributed by atoms with Gasteiger partial charge in [-0.05, 0) is 72.5 Å². The molecule has 0 bridgehead atoms. The standard InChI is InChI=1S/C28H29N3O4/c1-18(2)25(30-26(32)20-10-14-23(35-3)15-11-20)27(33)29-22-12-8-21(9-13-22)28(34)31-17-16-19-6-4-5-7-24(19)31/h4-15,18,25H,16-17H2,1-3H3,(H,29,33)(H,30,32). The van der Waals surface area contributed by atoms with E-state index in [9.17, 15) is 14.4 Å². The van der Waals surface area contributed by atoms with E-state index in [-0.39, 0.29) is 23.6 Å². The molecule has 3 aromatic rings. The zero-order chi connectivity index (χ0) is 24.9. The zero-order valence-corrected chi connectivity index (χ0v) is 20.1. The van der Waals surface area contributed by atoms with Gasteiger partial charge in [0.2, 0.25) is 5.91 Å². The molecular formula is C28H29N3O4. The van der Waals surface area contributed by atoms with E-state index >= 15 is 0 Å². The molecule has 0 fully saturated rings. The lowest BCUT2D eigenvalue weighted by Crippen LogP contribution is -2.47. The molecule has 3 amide bonds. The first-order valence-electron chi connectivity index (χ1n) is 11.6. The Hall–Kier alpha value is -4.13. The minimum absolute atomic E-state index is 0.0698. The number of nitrogens with zero attached hydrogens (tertiary/aromatic N) is 1. The maximum absolute atomic E-state index is 13.0. The summed E-state index contributed by atoms with van der Waals surface area (Å²) in [6.07, 6.45) is 0.842. The maximum atomic E-state index is 13.0. The van der Waals surface area contributed by atoms with Crippen LogP contribution in [0.5, 0.6) is 5.75 Å². The van der Waals surface area contributed by atoms with Crippen molar-refractivity contribution in [3.8, 4) is 5.75 Å². The maximum Gasteiger partial charge on any atom is 0.258 e. The zero-order valence-electron chi connectivity index (χ0n) is 20.1. The van der Waals surface area contributed by atoms with Gasteiger partial charge in [-0.3, -0.25) is 14.4 Å². The molecular weight excluding hydrogens is 442 g/mol. The van der Waals surface area contributed by atoms with Crippen LogP contribution in [0.1, 0.15) is 40.1 Å². The van der Waals surface area contributed by atoms with Crippen molar-refractivity contribution >= 4 is 29.1 Å². The first-order chi connectivity index (χ1) is 16.9. The number of ether oxygens (including phenoxy) is 1. The van der Waals surface area contributed by atoms with Crippen LogP contribution < -0.4 is 20.3 Å². The summed E-state index contributed by atoms with van der Waals surface area (Å²) in [5.74, 6) is -0.216. The molecule has 1 heterocycles. The van der Waals surface area contributed by atoms with Crippen molar-refractivity contribution in [2.75, 3.05) is 23.9 Å². The fraction of sp³-hybridized carbons (Fsp3) is 0.250. The van der Waals surface area contributed by atoms with Gasteiger partial charge in [-0.1, -0.05) is 32.0 Å². The summed E-state index contributed by atoms with van der Waals surface area (Å²) in [4.78, 5) is 40.4. The number of carbonyl (C=O) groups excluding carboxylic acids is 3. The third kappa shape index (κ3) is 5.35. The Labute approximate surface area is 205 Å². The Kier molecular flexibility index (Phi) is 7.15. The van der Waals surface area contributed by atoms with Crippen LogP contribution in [0.3, 0.4) is 0 Å². The van der Waals surface area contributed by atoms with Crippen molar-refractivity contribution in [3.05, 3.63) is 89.5 Å². The van der Waals surface area contributed by atoms with E-state index in [1.54, 1.807) is 60.5 Å². The van der Waals surface area contributed by atoms with Crippen molar-refractivity contribution in [1.82, 2.24) is 5.32 Å². The van der Waals surface area contributed by atoms with E-state index in [1.807, 2.05) is 38.1 Å². The molecule has 3 aromatic carbocycles. The second-order valence-electron chi connectivity index (χ2n) is 8.83. The summed E-state index contributed by atoms with van der Waals surface area (Å²) in [6, 6.07) is 20.7. The number of fused-ring (bicyclic) bond motifs is 1. The minimum Gasteiger partial charge on any atom is -0.497 e. The SMILES string of the molecule is COc1ccc(C(=O)NC(C(=O)Nc2ccc(C(=O)N3CCc4ccccc43)cc2)C(C)C)cc1. The molecule has 1 atom stereocenters. The van der Waals surface area contributed by atoms with E-state index in [4.69, 9.17) is 4.74 Å². The quantitative estimate of drug-likeness (QED) is 0.538. The van der Waals surface area contributed by atoms with Crippen molar-refractivity contribution in [2.45, 2.75) is 26.3 Å². The lowest BCUT2D eigenvalue weighted by Gasteiger charge is -2.22. The normalized spacial score (nSPS) is 13.2. The van der Waals surface area contributed by atoms with Gasteiger partial charge in [-0.15, -0.1) is 0 Å². The Bertz CT molecular complexity index is 1220. The molecule has 0 saturated heterocycles. The molecule has 0 aromatic heterocycles. The molecule has 1 aliphatic rings. The molecule has 0 spiro atoms. The fourth-order valence-corrected chi connectivity index (χ4v) is 4.12. The Morgan fingerprint density at radius 1 is 0.886 bits per heavy atom. The van der Waals surface area contributed by atoms with Gasteiger partial charge in [0.25, 0.3) is 11.8 Å². The molecule has 0 aliphatic carbocycles. The summed E-state index contributed by atoms with van der Waals surface area (Å²) < 4.78 is 5.12. The summed E-state index contributed by atoms with van der Waals surface area (Å²) >= 11 is 0. The first kappa shape index (κ1) is 24.0. The van der Waals surface area contributed by atoms with E-state index < -0.39 is 6.04 Å². The Morgan fingerprint density at radius 2 is 1.54 bits per heavy atom. The lowest BCUT2D eigenvalue weighted by atomic mass is 10.0.